The van der Waals surface area contributed by atoms with Crippen LogP contribution in [0.25, 0.3) is 64.6 Å². The van der Waals surface area contributed by atoms with E-state index in [0.29, 0.717) is 5.92 Å². The van der Waals surface area contributed by atoms with Crippen molar-refractivity contribution >= 4 is 66.7 Å². The van der Waals surface area contributed by atoms with Crippen molar-refractivity contribution in [2.75, 3.05) is 0 Å². The predicted molar refractivity (Wildman–Crippen MR) is 194 cm³/mol. The third-order valence-corrected chi connectivity index (χ3v) is 11.4. The van der Waals surface area contributed by atoms with Gasteiger partial charge in [0.25, 0.3) is 0 Å². The van der Waals surface area contributed by atoms with Crippen molar-refractivity contribution in [3.63, 3.8) is 0 Å². The van der Waals surface area contributed by atoms with Crippen LogP contribution in [0.3, 0.4) is 0 Å². The molecule has 0 atom stereocenters. The van der Waals surface area contributed by atoms with Crippen molar-refractivity contribution in [3.8, 4) is 22.5 Å². The summed E-state index contributed by atoms with van der Waals surface area (Å²) in [7, 11) is -1.23. The minimum Gasteiger partial charge on any atom is -0.500 e. The molecule has 3 nitrogen and oxygen atoms in total. The van der Waals surface area contributed by atoms with Crippen LogP contribution in [0.5, 0.6) is 0 Å². The number of thiophene rings is 1. The normalized spacial score (nSPS) is 11.6. The first kappa shape index (κ1) is 32.0. The molecule has 0 saturated heterocycles. The summed E-state index contributed by atoms with van der Waals surface area (Å²) >= 11 is 1.81. The van der Waals surface area contributed by atoms with Gasteiger partial charge in [-0.25, -0.2) is 0 Å². The molecule has 0 N–H and O–H groups in total. The Morgan fingerprint density at radius 3 is 2.26 bits per heavy atom. The van der Waals surface area contributed by atoms with Crippen LogP contribution in [0, 0.1) is 12.1 Å². The van der Waals surface area contributed by atoms with Crippen molar-refractivity contribution < 1.29 is 24.5 Å². The predicted octanol–water partition coefficient (Wildman–Crippen LogP) is 11.0. The Balaban J connectivity index is 0.000000187. The Kier molecular flexibility index (Phi) is 9.09. The summed E-state index contributed by atoms with van der Waals surface area (Å²) < 4.78 is 9.09. The fraction of sp³-hybridized carbons (Fsp3) is 0.150. The van der Waals surface area contributed by atoms with E-state index in [1.54, 1.807) is 0 Å². The summed E-state index contributed by atoms with van der Waals surface area (Å²) in [5.74, 6) is 0.448. The zero-order valence-corrected chi connectivity index (χ0v) is 30.7. The van der Waals surface area contributed by atoms with Crippen LogP contribution in [-0.4, -0.2) is 18.0 Å². The molecular weight excluding hydrogens is 777 g/mol. The molecule has 1 radical (unpaired) electrons. The molecule has 0 aliphatic heterocycles. The number of hydrogen-bond acceptors (Lipinski definition) is 4. The summed E-state index contributed by atoms with van der Waals surface area (Å²) in [5, 5.41) is 6.11. The van der Waals surface area contributed by atoms with Gasteiger partial charge < -0.3 is 14.4 Å². The maximum atomic E-state index is 6.55. The number of aromatic nitrogens is 2. The van der Waals surface area contributed by atoms with E-state index in [1.165, 1.54) is 30.9 Å². The molecule has 46 heavy (non-hydrogen) atoms. The van der Waals surface area contributed by atoms with Crippen molar-refractivity contribution in [2.45, 2.75) is 39.4 Å². The summed E-state index contributed by atoms with van der Waals surface area (Å²) in [6.45, 7) is 11.4. The van der Waals surface area contributed by atoms with E-state index in [9.17, 15) is 0 Å². The van der Waals surface area contributed by atoms with Crippen LogP contribution in [-0.2, 0) is 20.1 Å². The van der Waals surface area contributed by atoms with E-state index in [-0.39, 0.29) is 20.1 Å². The van der Waals surface area contributed by atoms with Crippen molar-refractivity contribution in [3.05, 3.63) is 127 Å². The van der Waals surface area contributed by atoms with E-state index in [2.05, 4.69) is 122 Å². The second-order valence-corrected chi connectivity index (χ2v) is 18.9. The molecule has 0 unspecified atom stereocenters. The van der Waals surface area contributed by atoms with Gasteiger partial charge in [-0.1, -0.05) is 92.5 Å². The number of rotatable bonds is 4. The molecule has 0 spiro atoms. The summed E-state index contributed by atoms with van der Waals surface area (Å²) in [5.41, 5.74) is 6.98. The minimum absolute atomic E-state index is 0. The van der Waals surface area contributed by atoms with Gasteiger partial charge in [0.05, 0.1) is 13.7 Å². The number of benzene rings is 4. The van der Waals surface area contributed by atoms with Gasteiger partial charge in [0.15, 0.2) is 0 Å². The van der Waals surface area contributed by atoms with E-state index in [1.807, 2.05) is 54.1 Å². The Labute approximate surface area is 288 Å². The van der Waals surface area contributed by atoms with Gasteiger partial charge in [-0.15, -0.1) is 65.4 Å². The molecule has 4 aromatic heterocycles. The molecule has 0 aliphatic rings. The van der Waals surface area contributed by atoms with Gasteiger partial charge in [0.2, 0.25) is 0 Å². The summed E-state index contributed by atoms with van der Waals surface area (Å²) in [6.07, 6.45) is 3.90. The fourth-order valence-electron chi connectivity index (χ4n) is 5.69. The topological polar surface area (TPSA) is 38.9 Å². The van der Waals surface area contributed by atoms with Gasteiger partial charge in [-0.2, -0.15) is 0 Å². The Hall–Kier alpha value is -3.93. The number of pyridine rings is 2. The quantitative estimate of drug-likeness (QED) is 0.131. The molecule has 8 rings (SSSR count). The first-order valence-corrected chi connectivity index (χ1v) is 19.7. The maximum absolute atomic E-state index is 6.55. The SMILES string of the molecule is CC(C)c1ccnc(-c2[c-]ccc3c2oc2c3ccc3sc4ccccc4c32)c1.C[Si](C)(C)c1ccc(-c2[c-]cccc2)nc1.[Ir]. The fourth-order valence-corrected chi connectivity index (χ4v) is 7.83. The van der Waals surface area contributed by atoms with Gasteiger partial charge in [0, 0.05) is 58.1 Å². The van der Waals surface area contributed by atoms with E-state index >= 15 is 0 Å². The number of hydrogen-bond donors (Lipinski definition) is 0. The molecule has 0 saturated carbocycles. The molecule has 6 heteroatoms. The zero-order chi connectivity index (χ0) is 31.1. The smallest absolute Gasteiger partial charge is 0.130 e. The van der Waals surface area contributed by atoms with Gasteiger partial charge in [-0.05, 0) is 40.7 Å². The average Bonchev–Trinajstić information content (AvgIpc) is 3.63. The average molecular weight is 811 g/mol. The van der Waals surface area contributed by atoms with Gasteiger partial charge >= 0.3 is 0 Å². The number of furan rings is 1. The Bertz CT molecular complexity index is 2280. The van der Waals surface area contributed by atoms with E-state index < -0.39 is 8.07 Å². The molecule has 4 aromatic carbocycles. The second kappa shape index (κ2) is 13.1. The van der Waals surface area contributed by atoms with E-state index in [0.717, 1.165) is 44.5 Å². The molecule has 8 aromatic rings. The zero-order valence-electron chi connectivity index (χ0n) is 26.5. The largest absolute Gasteiger partial charge is 0.500 e. The summed E-state index contributed by atoms with van der Waals surface area (Å²) in [6, 6.07) is 40.1. The minimum atomic E-state index is -1.23. The standard InChI is InChI=1S/C26H18NOS.C14H16NSi.Ir/c1-15(2)16-12-13-27-21(14-16)19-8-5-7-17-18-10-11-23-24(26(18)28-25(17)19)20-6-3-4-9-22(20)29-23;1-16(2,3)13-9-10-14(15-11-13)12-7-5-4-6-8-12;/h3-7,9-15H,1-2H3;4-7,9-11H,1-3H3;/q2*-1;. The Morgan fingerprint density at radius 2 is 1.52 bits per heavy atom. The van der Waals surface area contributed by atoms with E-state index in [4.69, 9.17) is 4.42 Å². The second-order valence-electron chi connectivity index (χ2n) is 12.7. The molecule has 231 valence electrons. The Morgan fingerprint density at radius 1 is 0.717 bits per heavy atom. The molecular formula is C40H34IrN2OSSi-2. The van der Waals surface area contributed by atoms with Crippen LogP contribution in [0.2, 0.25) is 19.6 Å². The number of nitrogens with zero attached hydrogens (tertiary/aromatic N) is 2. The molecule has 0 aliphatic carbocycles. The van der Waals surface area contributed by atoms with Crippen LogP contribution >= 0.6 is 11.3 Å². The third-order valence-electron chi connectivity index (χ3n) is 8.26. The van der Waals surface area contributed by atoms with Crippen LogP contribution in [0.4, 0.5) is 0 Å². The van der Waals surface area contributed by atoms with Crippen LogP contribution < -0.4 is 5.19 Å². The van der Waals surface area contributed by atoms with Crippen LogP contribution in [0.15, 0.2) is 114 Å². The maximum Gasteiger partial charge on any atom is 0.130 e. The number of fused-ring (bicyclic) bond motifs is 7. The first-order valence-electron chi connectivity index (χ1n) is 15.3. The van der Waals surface area contributed by atoms with Crippen molar-refractivity contribution in [1.82, 2.24) is 9.97 Å². The molecule has 0 bridgehead atoms. The van der Waals surface area contributed by atoms with Crippen molar-refractivity contribution in [1.29, 1.82) is 0 Å². The monoisotopic (exact) mass is 811 g/mol. The van der Waals surface area contributed by atoms with Gasteiger partial charge in [-0.3, -0.25) is 0 Å². The summed E-state index contributed by atoms with van der Waals surface area (Å²) in [4.78, 5) is 9.14. The first-order chi connectivity index (χ1) is 21.8. The van der Waals surface area contributed by atoms with Crippen molar-refractivity contribution in [2.24, 2.45) is 0 Å². The molecule has 4 heterocycles. The molecule has 0 fully saturated rings. The van der Waals surface area contributed by atoms with Crippen LogP contribution in [0.1, 0.15) is 25.3 Å². The molecule has 0 amide bonds. The third kappa shape index (κ3) is 6.11. The van der Waals surface area contributed by atoms with Gasteiger partial charge in [0.1, 0.15) is 5.58 Å².